The summed E-state index contributed by atoms with van der Waals surface area (Å²) >= 11 is 1.76. The van der Waals surface area contributed by atoms with Crippen LogP contribution in [-0.4, -0.2) is 34.6 Å². The molecule has 0 amide bonds. The minimum Gasteiger partial charge on any atom is -0.311 e. The molecule has 1 saturated carbocycles. The fraction of sp³-hybridized carbons (Fsp3) is 0.786. The van der Waals surface area contributed by atoms with E-state index in [0.29, 0.717) is 6.04 Å². The maximum Gasteiger partial charge on any atom is 0.0897 e. The zero-order valence-electron chi connectivity index (χ0n) is 11.6. The molecule has 1 aromatic heterocycles. The van der Waals surface area contributed by atoms with E-state index in [9.17, 15) is 0 Å². The topological polar surface area (TPSA) is 28.2 Å². The Morgan fingerprint density at radius 3 is 2.89 bits per heavy atom. The maximum absolute atomic E-state index is 4.61. The minimum absolute atomic E-state index is 0.239. The highest BCUT2D eigenvalue weighted by molar-refractivity contribution is 7.09. The van der Waals surface area contributed by atoms with E-state index in [1.54, 1.807) is 11.3 Å². The van der Waals surface area contributed by atoms with Gasteiger partial charge < -0.3 is 5.32 Å². The predicted molar refractivity (Wildman–Crippen MR) is 75.9 cm³/mol. The first-order chi connectivity index (χ1) is 8.54. The van der Waals surface area contributed by atoms with Crippen molar-refractivity contribution in [3.63, 3.8) is 0 Å². The molecule has 18 heavy (non-hydrogen) atoms. The number of nitrogens with zero attached hydrogens (tertiary/aromatic N) is 2. The summed E-state index contributed by atoms with van der Waals surface area (Å²) in [6.07, 6.45) is 2.84. The van der Waals surface area contributed by atoms with Gasteiger partial charge in [-0.3, -0.25) is 4.90 Å². The van der Waals surface area contributed by atoms with Crippen molar-refractivity contribution in [1.82, 2.24) is 15.2 Å². The fourth-order valence-electron chi connectivity index (χ4n) is 2.81. The first-order valence-corrected chi connectivity index (χ1v) is 7.82. The number of hydrogen-bond donors (Lipinski definition) is 1. The second-order valence-corrected chi connectivity index (χ2v) is 7.44. The highest BCUT2D eigenvalue weighted by atomic mass is 32.1. The Morgan fingerprint density at radius 2 is 2.28 bits per heavy atom. The average molecular weight is 265 g/mol. The van der Waals surface area contributed by atoms with E-state index in [1.807, 2.05) is 0 Å². The molecular formula is C14H23N3S. The molecule has 1 N–H and O–H groups in total. The lowest BCUT2D eigenvalue weighted by molar-refractivity contribution is 0.0524. The molecule has 1 atom stereocenters. The van der Waals surface area contributed by atoms with Gasteiger partial charge in [-0.25, -0.2) is 4.98 Å². The van der Waals surface area contributed by atoms with Gasteiger partial charge in [0.15, 0.2) is 0 Å². The largest absolute Gasteiger partial charge is 0.311 e. The van der Waals surface area contributed by atoms with Crippen molar-refractivity contribution in [1.29, 1.82) is 0 Å². The van der Waals surface area contributed by atoms with Crippen molar-refractivity contribution in [3.8, 4) is 0 Å². The molecule has 0 radical (unpaired) electrons. The van der Waals surface area contributed by atoms with Crippen LogP contribution in [0.25, 0.3) is 0 Å². The van der Waals surface area contributed by atoms with E-state index in [1.165, 1.54) is 30.1 Å². The van der Waals surface area contributed by atoms with Crippen LogP contribution in [-0.2, 0) is 6.54 Å². The molecule has 1 unspecified atom stereocenters. The average Bonchev–Trinajstić information content (AvgIpc) is 3.06. The summed E-state index contributed by atoms with van der Waals surface area (Å²) in [5.74, 6) is 0.931. The van der Waals surface area contributed by atoms with Gasteiger partial charge in [0.25, 0.3) is 0 Å². The summed E-state index contributed by atoms with van der Waals surface area (Å²) in [5.41, 5.74) is 1.48. The molecule has 1 saturated heterocycles. The second-order valence-electron chi connectivity index (χ2n) is 6.38. The van der Waals surface area contributed by atoms with E-state index in [4.69, 9.17) is 0 Å². The maximum atomic E-state index is 4.61. The van der Waals surface area contributed by atoms with Crippen LogP contribution >= 0.6 is 11.3 Å². The third kappa shape index (κ3) is 2.60. The molecule has 2 heterocycles. The fourth-order valence-corrected chi connectivity index (χ4v) is 3.41. The lowest BCUT2D eigenvalue weighted by Gasteiger charge is -2.46. The van der Waals surface area contributed by atoms with Gasteiger partial charge in [0, 0.05) is 36.6 Å². The zero-order chi connectivity index (χ0) is 12.8. The number of thiazole rings is 1. The molecule has 1 aliphatic carbocycles. The van der Waals surface area contributed by atoms with Crippen LogP contribution in [0, 0.1) is 12.8 Å². The molecule has 1 aromatic rings. The van der Waals surface area contributed by atoms with Gasteiger partial charge in [0.05, 0.1) is 10.7 Å². The Hall–Kier alpha value is -0.450. The first kappa shape index (κ1) is 12.6. The molecule has 2 aliphatic rings. The van der Waals surface area contributed by atoms with E-state index in [2.05, 4.69) is 41.4 Å². The van der Waals surface area contributed by atoms with E-state index >= 15 is 0 Å². The Kier molecular flexibility index (Phi) is 3.20. The van der Waals surface area contributed by atoms with Crippen LogP contribution in [0.15, 0.2) is 5.38 Å². The summed E-state index contributed by atoms with van der Waals surface area (Å²) in [6, 6.07) is 0.706. The van der Waals surface area contributed by atoms with Crippen molar-refractivity contribution in [3.05, 3.63) is 16.1 Å². The molecular weight excluding hydrogens is 242 g/mol. The molecule has 3 rings (SSSR count). The predicted octanol–water partition coefficient (Wildman–Crippen LogP) is 2.41. The normalized spacial score (nSPS) is 28.5. The molecule has 2 fully saturated rings. The summed E-state index contributed by atoms with van der Waals surface area (Å²) in [6.45, 7) is 10.0. The number of aromatic nitrogens is 1. The van der Waals surface area contributed by atoms with Gasteiger partial charge in [0.1, 0.15) is 0 Å². The van der Waals surface area contributed by atoms with Crippen LogP contribution in [0.2, 0.25) is 0 Å². The zero-order valence-corrected chi connectivity index (χ0v) is 12.4. The number of nitrogens with one attached hydrogen (secondary N) is 1. The summed E-state index contributed by atoms with van der Waals surface area (Å²) in [5, 5.41) is 7.12. The molecule has 0 bridgehead atoms. The van der Waals surface area contributed by atoms with Crippen LogP contribution in [0.4, 0.5) is 0 Å². The Morgan fingerprint density at radius 1 is 1.50 bits per heavy atom. The van der Waals surface area contributed by atoms with Crippen LogP contribution in [0.5, 0.6) is 0 Å². The third-order valence-electron chi connectivity index (χ3n) is 4.28. The SMILES string of the molecule is Cc1nc(CN2CC(C3CC3)NCC2(C)C)cs1. The van der Waals surface area contributed by atoms with E-state index in [-0.39, 0.29) is 5.54 Å². The van der Waals surface area contributed by atoms with Crippen molar-refractivity contribution >= 4 is 11.3 Å². The van der Waals surface area contributed by atoms with Gasteiger partial charge >= 0.3 is 0 Å². The summed E-state index contributed by atoms with van der Waals surface area (Å²) in [4.78, 5) is 7.22. The van der Waals surface area contributed by atoms with Gasteiger partial charge in [-0.2, -0.15) is 0 Å². The highest BCUT2D eigenvalue weighted by Gasteiger charge is 2.40. The van der Waals surface area contributed by atoms with Gasteiger partial charge in [0.2, 0.25) is 0 Å². The van der Waals surface area contributed by atoms with Gasteiger partial charge in [-0.05, 0) is 39.5 Å². The first-order valence-electron chi connectivity index (χ1n) is 6.94. The third-order valence-corrected chi connectivity index (χ3v) is 5.10. The molecule has 0 aromatic carbocycles. The summed E-state index contributed by atoms with van der Waals surface area (Å²) < 4.78 is 0. The second kappa shape index (κ2) is 4.58. The molecule has 4 heteroatoms. The number of rotatable bonds is 3. The summed E-state index contributed by atoms with van der Waals surface area (Å²) in [7, 11) is 0. The molecule has 3 nitrogen and oxygen atoms in total. The Bertz CT molecular complexity index is 422. The number of aryl methyl sites for hydroxylation is 1. The standard InChI is InChI=1S/C14H23N3S/c1-10-16-12(8-18-10)6-17-7-13(11-4-5-11)15-9-14(17,2)3/h8,11,13,15H,4-7,9H2,1-3H3. The van der Waals surface area contributed by atoms with Gasteiger partial charge in [-0.15, -0.1) is 11.3 Å². The van der Waals surface area contributed by atoms with Crippen molar-refractivity contribution in [2.45, 2.75) is 51.7 Å². The van der Waals surface area contributed by atoms with E-state index < -0.39 is 0 Å². The Labute approximate surface area is 114 Å². The minimum atomic E-state index is 0.239. The lowest BCUT2D eigenvalue weighted by atomic mass is 9.95. The molecule has 100 valence electrons. The Balaban J connectivity index is 1.70. The monoisotopic (exact) mass is 265 g/mol. The quantitative estimate of drug-likeness (QED) is 0.909. The van der Waals surface area contributed by atoms with Gasteiger partial charge in [-0.1, -0.05) is 0 Å². The van der Waals surface area contributed by atoms with Crippen molar-refractivity contribution < 1.29 is 0 Å². The van der Waals surface area contributed by atoms with Crippen molar-refractivity contribution in [2.75, 3.05) is 13.1 Å². The molecule has 0 spiro atoms. The number of piperazine rings is 1. The van der Waals surface area contributed by atoms with Crippen molar-refractivity contribution in [2.24, 2.45) is 5.92 Å². The van der Waals surface area contributed by atoms with E-state index in [0.717, 1.165) is 19.0 Å². The van der Waals surface area contributed by atoms with Crippen LogP contribution < -0.4 is 5.32 Å². The lowest BCUT2D eigenvalue weighted by Crippen LogP contribution is -2.62. The van der Waals surface area contributed by atoms with Crippen LogP contribution in [0.1, 0.15) is 37.4 Å². The highest BCUT2D eigenvalue weighted by Crippen LogP contribution is 2.36. The smallest absolute Gasteiger partial charge is 0.0897 e. The number of hydrogen-bond acceptors (Lipinski definition) is 4. The van der Waals surface area contributed by atoms with Crippen LogP contribution in [0.3, 0.4) is 0 Å². The molecule has 1 aliphatic heterocycles.